The smallest absolute Gasteiger partial charge is 0.282 e. The predicted octanol–water partition coefficient (Wildman–Crippen LogP) is 6.96. The van der Waals surface area contributed by atoms with Crippen molar-refractivity contribution in [2.45, 2.75) is 32.6 Å². The third-order valence-electron chi connectivity index (χ3n) is 6.42. The summed E-state index contributed by atoms with van der Waals surface area (Å²) in [6.07, 6.45) is 4.56. The van der Waals surface area contributed by atoms with E-state index < -0.39 is 0 Å². The van der Waals surface area contributed by atoms with E-state index in [1.54, 1.807) is 48.7 Å². The number of carbonyl (C=O) groups is 1. The van der Waals surface area contributed by atoms with Gasteiger partial charge in [-0.25, -0.2) is 4.98 Å². The molecule has 3 aromatic carbocycles. The lowest BCUT2D eigenvalue weighted by atomic mass is 10.1. The van der Waals surface area contributed by atoms with Crippen molar-refractivity contribution in [1.29, 1.82) is 0 Å². The third kappa shape index (κ3) is 7.23. The van der Waals surface area contributed by atoms with Crippen LogP contribution in [0.25, 0.3) is 10.9 Å². The third-order valence-corrected chi connectivity index (χ3v) is 7.17. The zero-order valence-corrected chi connectivity index (χ0v) is 25.3. The monoisotopic (exact) mass is 636 g/mol. The molecule has 1 N–H and O–H groups in total. The van der Waals surface area contributed by atoms with Gasteiger partial charge < -0.3 is 14.8 Å². The molecule has 0 saturated carbocycles. The number of hydrogen-bond donors (Lipinski definition) is 1. The van der Waals surface area contributed by atoms with Gasteiger partial charge in [0.25, 0.3) is 11.5 Å². The van der Waals surface area contributed by atoms with Gasteiger partial charge in [-0.05, 0) is 73.0 Å². The number of nitrogens with one attached hydrogen (secondary N) is 1. The first kappa shape index (κ1) is 30.0. The molecule has 212 valence electrons. The molecule has 0 unspecified atom stereocenters. The molecule has 4 aromatic rings. The van der Waals surface area contributed by atoms with Crippen molar-refractivity contribution >= 4 is 56.2 Å². The van der Waals surface area contributed by atoms with E-state index in [0.29, 0.717) is 50.9 Å². The number of fused-ring (bicyclic) bond motifs is 1. The Balaban J connectivity index is 1.66. The average molecular weight is 638 g/mol. The second kappa shape index (κ2) is 13.6. The number of carbonyl (C=O) groups excluding carboxylic acids is 1. The topological polar surface area (TPSA) is 94.8 Å². The van der Waals surface area contributed by atoms with Crippen LogP contribution in [0.2, 0.25) is 5.02 Å². The predicted molar refractivity (Wildman–Crippen MR) is 168 cm³/mol. The van der Waals surface area contributed by atoms with Gasteiger partial charge in [-0.1, -0.05) is 47.5 Å². The van der Waals surface area contributed by atoms with Crippen molar-refractivity contribution in [2.24, 2.45) is 5.10 Å². The Morgan fingerprint density at radius 1 is 1.22 bits per heavy atom. The molecular weight excluding hydrogens is 608 g/mol. The number of allylic oxidation sites excluding steroid dienone is 1. The number of nitrogens with zero attached hydrogens (tertiary/aromatic N) is 3. The van der Waals surface area contributed by atoms with Crippen molar-refractivity contribution in [1.82, 2.24) is 9.66 Å². The summed E-state index contributed by atoms with van der Waals surface area (Å²) in [6, 6.07) is 15.8. The maximum Gasteiger partial charge on any atom is 0.282 e. The zero-order valence-electron chi connectivity index (χ0n) is 23.0. The highest BCUT2D eigenvalue weighted by molar-refractivity contribution is 9.10. The summed E-state index contributed by atoms with van der Waals surface area (Å²) < 4.78 is 13.7. The first-order valence-corrected chi connectivity index (χ1v) is 14.2. The summed E-state index contributed by atoms with van der Waals surface area (Å²) in [6.45, 7) is 7.66. The lowest BCUT2D eigenvalue weighted by Crippen LogP contribution is -2.23. The Labute approximate surface area is 251 Å². The van der Waals surface area contributed by atoms with Crippen LogP contribution in [0.1, 0.15) is 43.1 Å². The molecule has 0 aliphatic carbocycles. The lowest BCUT2D eigenvalue weighted by molar-refractivity contribution is -0.118. The van der Waals surface area contributed by atoms with Crippen molar-refractivity contribution < 1.29 is 14.3 Å². The maximum absolute atomic E-state index is 13.5. The van der Waals surface area contributed by atoms with Gasteiger partial charge in [0, 0.05) is 26.7 Å². The number of halogens is 2. The van der Waals surface area contributed by atoms with E-state index in [4.69, 9.17) is 26.1 Å². The Morgan fingerprint density at radius 3 is 2.66 bits per heavy atom. The minimum Gasteiger partial charge on any atom is -0.493 e. The maximum atomic E-state index is 13.5. The number of hydrogen-bond acceptors (Lipinski definition) is 6. The van der Waals surface area contributed by atoms with Crippen LogP contribution >= 0.6 is 27.5 Å². The molecule has 4 rings (SSSR count). The van der Waals surface area contributed by atoms with Gasteiger partial charge in [0.1, 0.15) is 5.82 Å². The summed E-state index contributed by atoms with van der Waals surface area (Å²) in [7, 11) is 1.52. The van der Waals surface area contributed by atoms with Crippen LogP contribution < -0.4 is 20.3 Å². The quantitative estimate of drug-likeness (QED) is 0.142. The molecule has 0 bridgehead atoms. The Bertz CT molecular complexity index is 1670. The fourth-order valence-electron chi connectivity index (χ4n) is 4.15. The second-order valence-corrected chi connectivity index (χ2v) is 10.7. The molecule has 0 radical (unpaired) electrons. The standard InChI is InChI=1S/C31H30BrClN4O4/c1-5-7-21-14-20(15-27(40-4)29(21)41-18-28(38)35-24-11-9-23(33)10-12-24)17-34-37-30(19(3)6-2)36-26-13-8-22(32)16-25(26)31(37)39/h5,8-17,19H,1,6-7,18H2,2-4H3,(H,35,38)/t19-/m0/s1. The largest absolute Gasteiger partial charge is 0.493 e. The SMILES string of the molecule is C=CCc1cc(C=Nn2c([C@@H](C)CC)nc3ccc(Br)cc3c2=O)cc(OC)c1OCC(=O)Nc1ccc(Cl)cc1. The van der Waals surface area contributed by atoms with E-state index in [2.05, 4.69) is 32.9 Å². The molecule has 1 atom stereocenters. The van der Waals surface area contributed by atoms with Crippen LogP contribution in [0.15, 0.2) is 81.6 Å². The number of rotatable bonds is 11. The summed E-state index contributed by atoms with van der Waals surface area (Å²) in [5.41, 5.74) is 2.39. The van der Waals surface area contributed by atoms with Gasteiger partial charge >= 0.3 is 0 Å². The summed E-state index contributed by atoms with van der Waals surface area (Å²) in [4.78, 5) is 30.8. The Kier molecular flexibility index (Phi) is 9.96. The minimum atomic E-state index is -0.336. The minimum absolute atomic E-state index is 0.00792. The van der Waals surface area contributed by atoms with E-state index in [1.807, 2.05) is 32.0 Å². The van der Waals surface area contributed by atoms with Crippen LogP contribution in [0.4, 0.5) is 5.69 Å². The highest BCUT2D eigenvalue weighted by atomic mass is 79.9. The molecule has 0 saturated heterocycles. The van der Waals surface area contributed by atoms with Gasteiger partial charge in [-0.15, -0.1) is 6.58 Å². The van der Waals surface area contributed by atoms with E-state index in [0.717, 1.165) is 16.5 Å². The number of methoxy groups -OCH3 is 1. The fourth-order valence-corrected chi connectivity index (χ4v) is 4.64. The molecule has 0 spiro atoms. The van der Waals surface area contributed by atoms with E-state index in [9.17, 15) is 9.59 Å². The average Bonchev–Trinajstić information content (AvgIpc) is 2.97. The van der Waals surface area contributed by atoms with Crippen molar-refractivity contribution in [3.63, 3.8) is 0 Å². The number of anilines is 1. The molecule has 1 heterocycles. The van der Waals surface area contributed by atoms with Crippen LogP contribution in [0.3, 0.4) is 0 Å². The fraction of sp³-hybridized carbons (Fsp3) is 0.226. The molecule has 0 aliphatic rings. The second-order valence-electron chi connectivity index (χ2n) is 9.35. The highest BCUT2D eigenvalue weighted by Gasteiger charge is 2.17. The van der Waals surface area contributed by atoms with Gasteiger partial charge in [0.15, 0.2) is 18.1 Å². The number of ether oxygens (including phenoxy) is 2. The number of amides is 1. The summed E-state index contributed by atoms with van der Waals surface area (Å²) in [5.74, 6) is 1.09. The number of aromatic nitrogens is 2. The highest BCUT2D eigenvalue weighted by Crippen LogP contribution is 2.33. The van der Waals surface area contributed by atoms with Crippen LogP contribution in [0.5, 0.6) is 11.5 Å². The van der Waals surface area contributed by atoms with Crippen molar-refractivity contribution in [3.8, 4) is 11.5 Å². The normalized spacial score (nSPS) is 11.9. The molecule has 10 heteroatoms. The lowest BCUT2D eigenvalue weighted by Gasteiger charge is -2.16. The number of benzene rings is 3. The zero-order chi connectivity index (χ0) is 29.5. The van der Waals surface area contributed by atoms with E-state index in [1.165, 1.54) is 11.8 Å². The van der Waals surface area contributed by atoms with E-state index in [-0.39, 0.29) is 24.0 Å². The van der Waals surface area contributed by atoms with Crippen LogP contribution in [-0.2, 0) is 11.2 Å². The van der Waals surface area contributed by atoms with Gasteiger partial charge in [-0.3, -0.25) is 9.59 Å². The van der Waals surface area contributed by atoms with Crippen molar-refractivity contribution in [2.75, 3.05) is 19.0 Å². The van der Waals surface area contributed by atoms with Gasteiger partial charge in [0.2, 0.25) is 0 Å². The van der Waals surface area contributed by atoms with Gasteiger partial charge in [0.05, 0.1) is 24.2 Å². The first-order chi connectivity index (χ1) is 19.7. The summed E-state index contributed by atoms with van der Waals surface area (Å²) in [5, 5.41) is 8.38. The molecule has 0 fully saturated rings. The van der Waals surface area contributed by atoms with Crippen molar-refractivity contribution in [3.05, 3.63) is 104 Å². The summed E-state index contributed by atoms with van der Waals surface area (Å²) >= 11 is 9.35. The van der Waals surface area contributed by atoms with Gasteiger partial charge in [-0.2, -0.15) is 9.78 Å². The molecular formula is C31H30BrClN4O4. The van der Waals surface area contributed by atoms with E-state index >= 15 is 0 Å². The molecule has 0 aliphatic heterocycles. The Morgan fingerprint density at radius 2 is 1.98 bits per heavy atom. The van der Waals surface area contributed by atoms with Crippen LogP contribution in [0, 0.1) is 0 Å². The molecule has 8 nitrogen and oxygen atoms in total. The van der Waals surface area contributed by atoms with Crippen LogP contribution in [-0.4, -0.2) is 35.5 Å². The Hall–Kier alpha value is -3.95. The molecule has 1 aromatic heterocycles. The molecule has 1 amide bonds. The molecule has 41 heavy (non-hydrogen) atoms. The first-order valence-electron chi connectivity index (χ1n) is 13.0.